The van der Waals surface area contributed by atoms with Crippen molar-refractivity contribution in [2.75, 3.05) is 0 Å². The topological polar surface area (TPSA) is 56.7 Å². The first-order chi connectivity index (χ1) is 26.0. The average Bonchev–Trinajstić information content (AvgIpc) is 3.82. The number of rotatable bonds is 4. The molecule has 53 heavy (non-hydrogen) atoms. The molecule has 3 aromatic heterocycles. The number of hydrogen-bond acceptors (Lipinski definition) is 4. The van der Waals surface area contributed by atoms with E-state index in [4.69, 9.17) is 19.4 Å². The van der Waals surface area contributed by atoms with E-state index in [1.165, 1.54) is 44.1 Å². The predicted molar refractivity (Wildman–Crippen MR) is 215 cm³/mol. The third-order valence-electron chi connectivity index (χ3n) is 11.0. The number of aromatic nitrogens is 4. The fraction of sp³-hybridized carbons (Fsp3) is 0.0625. The van der Waals surface area contributed by atoms with Crippen LogP contribution in [0.1, 0.15) is 25.0 Å². The zero-order chi connectivity index (χ0) is 35.3. The maximum Gasteiger partial charge on any atom is 0.164 e. The van der Waals surface area contributed by atoms with Crippen molar-refractivity contribution in [3.05, 3.63) is 169 Å². The van der Waals surface area contributed by atoms with Crippen LogP contribution in [0.25, 0.3) is 94.7 Å². The van der Waals surface area contributed by atoms with Crippen LogP contribution in [0.5, 0.6) is 0 Å². The molecule has 0 N–H and O–H groups in total. The summed E-state index contributed by atoms with van der Waals surface area (Å²) in [4.78, 5) is 14.8. The fourth-order valence-corrected chi connectivity index (χ4v) is 8.42. The standard InChI is InChI=1S/C48H32N4O/c1-48(2)39-19-11-9-17-33(39)36-28-42-37(27-40(36)48)34-18-10-12-20-41(34)52(42)32-22-24-43-38(26-32)35-23-21-31(25-44(35)53-43)47-50-45(29-13-5-3-6-14-29)49-46(51-47)30-15-7-4-8-16-30/h3-28H,1-2H3. The molecule has 0 saturated heterocycles. The molecule has 0 spiro atoms. The first kappa shape index (κ1) is 29.8. The monoisotopic (exact) mass is 680 g/mol. The van der Waals surface area contributed by atoms with E-state index in [1.807, 2.05) is 60.7 Å². The van der Waals surface area contributed by atoms with Crippen molar-refractivity contribution in [3.8, 4) is 51.0 Å². The fourth-order valence-electron chi connectivity index (χ4n) is 8.42. The quantitative estimate of drug-likeness (QED) is 0.186. The van der Waals surface area contributed by atoms with Crippen LogP contribution in [0.2, 0.25) is 0 Å². The molecule has 5 heteroatoms. The molecule has 10 aromatic rings. The van der Waals surface area contributed by atoms with Crippen molar-refractivity contribution in [1.82, 2.24) is 19.5 Å². The normalized spacial score (nSPS) is 13.2. The molecule has 7 aromatic carbocycles. The van der Waals surface area contributed by atoms with Crippen LogP contribution >= 0.6 is 0 Å². The van der Waals surface area contributed by atoms with E-state index in [9.17, 15) is 0 Å². The van der Waals surface area contributed by atoms with Gasteiger partial charge in [-0.05, 0) is 70.8 Å². The lowest BCUT2D eigenvalue weighted by molar-refractivity contribution is 0.661. The number of para-hydroxylation sites is 1. The van der Waals surface area contributed by atoms with Gasteiger partial charge < -0.3 is 8.98 Å². The SMILES string of the molecule is CC1(C)c2ccccc2-c2cc3c(cc21)c1ccccc1n3-c1ccc2oc3cc(-c4nc(-c5ccccc5)nc(-c5ccccc5)n4)ccc3c2c1. The minimum atomic E-state index is -0.0652. The molecule has 3 heterocycles. The summed E-state index contributed by atoms with van der Waals surface area (Å²) in [6.07, 6.45) is 0. The third kappa shape index (κ3) is 4.47. The van der Waals surface area contributed by atoms with Gasteiger partial charge in [-0.2, -0.15) is 0 Å². The highest BCUT2D eigenvalue weighted by atomic mass is 16.3. The minimum Gasteiger partial charge on any atom is -0.456 e. The van der Waals surface area contributed by atoms with Gasteiger partial charge >= 0.3 is 0 Å². The zero-order valence-electron chi connectivity index (χ0n) is 29.2. The molecule has 0 unspecified atom stereocenters. The van der Waals surface area contributed by atoms with Crippen LogP contribution < -0.4 is 0 Å². The molecular weight excluding hydrogens is 649 g/mol. The number of hydrogen-bond donors (Lipinski definition) is 0. The summed E-state index contributed by atoms with van der Waals surface area (Å²) in [6.45, 7) is 4.69. The highest BCUT2D eigenvalue weighted by molar-refractivity contribution is 6.12. The molecule has 11 rings (SSSR count). The van der Waals surface area contributed by atoms with Crippen molar-refractivity contribution >= 4 is 43.7 Å². The molecule has 0 bridgehead atoms. The van der Waals surface area contributed by atoms with E-state index in [1.54, 1.807) is 0 Å². The largest absolute Gasteiger partial charge is 0.456 e. The molecule has 0 amide bonds. The lowest BCUT2D eigenvalue weighted by atomic mass is 9.82. The van der Waals surface area contributed by atoms with Gasteiger partial charge in [0, 0.05) is 49.3 Å². The van der Waals surface area contributed by atoms with E-state index in [-0.39, 0.29) is 5.41 Å². The summed E-state index contributed by atoms with van der Waals surface area (Å²) in [5.74, 6) is 1.86. The number of benzene rings is 7. The average molecular weight is 681 g/mol. The van der Waals surface area contributed by atoms with Gasteiger partial charge in [-0.15, -0.1) is 0 Å². The summed E-state index contributed by atoms with van der Waals surface area (Å²) >= 11 is 0. The Kier molecular flexibility index (Phi) is 6.23. The van der Waals surface area contributed by atoms with Crippen molar-refractivity contribution < 1.29 is 4.42 Å². The maximum atomic E-state index is 6.53. The number of furan rings is 1. The van der Waals surface area contributed by atoms with Gasteiger partial charge in [0.2, 0.25) is 0 Å². The minimum absolute atomic E-state index is 0.0652. The lowest BCUT2D eigenvalue weighted by Crippen LogP contribution is -2.14. The molecule has 0 aliphatic heterocycles. The van der Waals surface area contributed by atoms with Crippen LogP contribution in [0.3, 0.4) is 0 Å². The Hall–Kier alpha value is -6.85. The van der Waals surface area contributed by atoms with Crippen LogP contribution in [0.15, 0.2) is 162 Å². The summed E-state index contributed by atoms with van der Waals surface area (Å²) < 4.78 is 8.94. The van der Waals surface area contributed by atoms with E-state index in [2.05, 4.69) is 115 Å². The van der Waals surface area contributed by atoms with Gasteiger partial charge in [0.15, 0.2) is 17.5 Å². The van der Waals surface area contributed by atoms with E-state index in [0.717, 1.165) is 44.3 Å². The number of nitrogens with zero attached hydrogens (tertiary/aromatic N) is 4. The summed E-state index contributed by atoms with van der Waals surface area (Å²) in [7, 11) is 0. The van der Waals surface area contributed by atoms with Crippen molar-refractivity contribution in [2.45, 2.75) is 19.3 Å². The van der Waals surface area contributed by atoms with Gasteiger partial charge in [0.05, 0.1) is 11.0 Å². The first-order valence-electron chi connectivity index (χ1n) is 18.0. The molecule has 5 nitrogen and oxygen atoms in total. The van der Waals surface area contributed by atoms with Gasteiger partial charge in [-0.1, -0.05) is 123 Å². The second-order valence-electron chi connectivity index (χ2n) is 14.5. The van der Waals surface area contributed by atoms with Gasteiger partial charge in [0.1, 0.15) is 11.2 Å². The second kappa shape index (κ2) is 11.1. The molecule has 250 valence electrons. The van der Waals surface area contributed by atoms with Crippen molar-refractivity contribution in [3.63, 3.8) is 0 Å². The zero-order valence-corrected chi connectivity index (χ0v) is 29.2. The third-order valence-corrected chi connectivity index (χ3v) is 11.0. The van der Waals surface area contributed by atoms with Crippen LogP contribution in [0.4, 0.5) is 0 Å². The predicted octanol–water partition coefficient (Wildman–Crippen LogP) is 12.2. The van der Waals surface area contributed by atoms with E-state index < -0.39 is 0 Å². The Labute approximate surface area is 305 Å². The summed E-state index contributed by atoms with van der Waals surface area (Å²) in [5.41, 5.74) is 13.2. The molecule has 0 radical (unpaired) electrons. The summed E-state index contributed by atoms with van der Waals surface area (Å²) in [6, 6.07) is 55.4. The molecule has 0 fully saturated rings. The smallest absolute Gasteiger partial charge is 0.164 e. The van der Waals surface area contributed by atoms with E-state index >= 15 is 0 Å². The Morgan fingerprint density at radius 2 is 1.09 bits per heavy atom. The Bertz CT molecular complexity index is 3020. The van der Waals surface area contributed by atoms with Gasteiger partial charge in [0.25, 0.3) is 0 Å². The molecule has 1 aliphatic carbocycles. The second-order valence-corrected chi connectivity index (χ2v) is 14.5. The molecule has 0 saturated carbocycles. The number of fused-ring (bicyclic) bond motifs is 9. The van der Waals surface area contributed by atoms with Crippen LogP contribution in [-0.2, 0) is 5.41 Å². The first-order valence-corrected chi connectivity index (χ1v) is 18.0. The van der Waals surface area contributed by atoms with E-state index in [0.29, 0.717) is 17.5 Å². The molecule has 1 aliphatic rings. The highest BCUT2D eigenvalue weighted by Crippen LogP contribution is 2.51. The molecular formula is C48H32N4O. The van der Waals surface area contributed by atoms with Crippen molar-refractivity contribution in [2.24, 2.45) is 0 Å². The van der Waals surface area contributed by atoms with Crippen molar-refractivity contribution in [1.29, 1.82) is 0 Å². The molecule has 0 atom stereocenters. The van der Waals surface area contributed by atoms with Crippen LogP contribution in [0, 0.1) is 0 Å². The Balaban J connectivity index is 1.07. The van der Waals surface area contributed by atoms with Gasteiger partial charge in [-0.25, -0.2) is 15.0 Å². The Morgan fingerprint density at radius 1 is 0.434 bits per heavy atom. The maximum absolute atomic E-state index is 6.53. The lowest BCUT2D eigenvalue weighted by Gasteiger charge is -2.21. The summed E-state index contributed by atoms with van der Waals surface area (Å²) in [5, 5.41) is 4.63. The highest BCUT2D eigenvalue weighted by Gasteiger charge is 2.36. The Morgan fingerprint density at radius 3 is 1.85 bits per heavy atom. The van der Waals surface area contributed by atoms with Crippen LogP contribution in [-0.4, -0.2) is 19.5 Å². The van der Waals surface area contributed by atoms with Gasteiger partial charge in [-0.3, -0.25) is 0 Å².